The van der Waals surface area contributed by atoms with E-state index in [2.05, 4.69) is 45.2 Å². The number of aromatic nitrogens is 3. The van der Waals surface area contributed by atoms with Crippen LogP contribution in [0.15, 0.2) is 24.3 Å². The maximum absolute atomic E-state index is 13.1. The topological polar surface area (TPSA) is 68.0 Å². The van der Waals surface area contributed by atoms with Gasteiger partial charge in [0.1, 0.15) is 5.69 Å². The Morgan fingerprint density at radius 3 is 2.84 bits per heavy atom. The number of piperidine rings is 1. The molecule has 5 rings (SSSR count). The summed E-state index contributed by atoms with van der Waals surface area (Å²) in [6, 6.07) is 8.31. The van der Waals surface area contributed by atoms with Gasteiger partial charge in [-0.1, -0.05) is 19.4 Å². The molecule has 2 unspecified atom stereocenters. The fourth-order valence-electron chi connectivity index (χ4n) is 5.22. The molecule has 1 saturated heterocycles. The molecule has 0 radical (unpaired) electrons. The fraction of sp³-hybridized carbons (Fsp3) is 0.520. The number of aromatic amines is 2. The van der Waals surface area contributed by atoms with Crippen molar-refractivity contribution in [2.45, 2.75) is 58.4 Å². The third kappa shape index (κ3) is 3.78. The maximum Gasteiger partial charge on any atom is 0.243 e. The van der Waals surface area contributed by atoms with Crippen LogP contribution in [-0.2, 0) is 17.6 Å². The van der Waals surface area contributed by atoms with Crippen molar-refractivity contribution in [1.82, 2.24) is 20.1 Å². The van der Waals surface area contributed by atoms with E-state index in [1.165, 1.54) is 36.9 Å². The van der Waals surface area contributed by atoms with Gasteiger partial charge in [-0.15, -0.1) is 0 Å². The van der Waals surface area contributed by atoms with Gasteiger partial charge in [-0.25, -0.2) is 0 Å². The van der Waals surface area contributed by atoms with Crippen LogP contribution >= 0.6 is 0 Å². The van der Waals surface area contributed by atoms with Crippen molar-refractivity contribution in [3.63, 3.8) is 0 Å². The number of rotatable bonds is 4. The van der Waals surface area contributed by atoms with E-state index in [-0.39, 0.29) is 11.9 Å². The number of hydrogen-bond acceptors (Lipinski definition) is 3. The predicted octanol–water partition coefficient (Wildman–Crippen LogP) is 4.52. The zero-order valence-corrected chi connectivity index (χ0v) is 18.9. The van der Waals surface area contributed by atoms with Crippen molar-refractivity contribution in [3.05, 3.63) is 35.5 Å². The zero-order chi connectivity index (χ0) is 21.5. The van der Waals surface area contributed by atoms with E-state index in [4.69, 9.17) is 0 Å². The Morgan fingerprint density at radius 1 is 1.23 bits per heavy atom. The van der Waals surface area contributed by atoms with Crippen LogP contribution in [-0.4, -0.2) is 52.2 Å². The third-order valence-corrected chi connectivity index (χ3v) is 7.27. The second-order valence-corrected chi connectivity index (χ2v) is 9.50. The number of nitrogens with one attached hydrogen (secondary N) is 2. The minimum absolute atomic E-state index is 0.0850. The summed E-state index contributed by atoms with van der Waals surface area (Å²) in [5.74, 6) is 0.870. The summed E-state index contributed by atoms with van der Waals surface area (Å²) < 4.78 is 0. The molecule has 1 aromatic carbocycles. The molecule has 6 nitrogen and oxygen atoms in total. The average molecular weight is 420 g/mol. The normalized spacial score (nSPS) is 20.5. The van der Waals surface area contributed by atoms with Crippen LogP contribution in [0.2, 0.25) is 0 Å². The van der Waals surface area contributed by atoms with Gasteiger partial charge in [0.15, 0.2) is 0 Å². The molecule has 0 spiro atoms. The van der Waals surface area contributed by atoms with Crippen molar-refractivity contribution >= 4 is 22.5 Å². The van der Waals surface area contributed by atoms with Gasteiger partial charge in [0.2, 0.25) is 5.91 Å². The minimum Gasteiger partial charge on any atom is -0.353 e. The number of nitrogens with zero attached hydrogens (tertiary/aromatic N) is 3. The lowest BCUT2D eigenvalue weighted by molar-refractivity contribution is -0.123. The number of carbonyl (C=O) groups is 1. The zero-order valence-electron chi connectivity index (χ0n) is 18.9. The quantitative estimate of drug-likeness (QED) is 0.653. The molecule has 3 heterocycles. The fourth-order valence-corrected chi connectivity index (χ4v) is 5.22. The highest BCUT2D eigenvalue weighted by molar-refractivity contribution is 5.98. The standard InChI is InChI=1S/C25H33N5O/c1-16-7-10-20-22(13-16)27-28-24(20)23-14-18-8-9-19(15-21(18)26-23)29(3)25(31)17(2)30-11-5-4-6-12-30/h8-9,14-17,26H,4-7,10-13H2,1-3H3,(H,27,28). The second kappa shape index (κ2) is 8.15. The van der Waals surface area contributed by atoms with Crippen molar-refractivity contribution in [3.8, 4) is 11.4 Å². The molecule has 1 amide bonds. The first-order chi connectivity index (χ1) is 15.0. The van der Waals surface area contributed by atoms with Gasteiger partial charge in [-0.05, 0) is 76.2 Å². The first-order valence-electron chi connectivity index (χ1n) is 11.7. The van der Waals surface area contributed by atoms with Crippen LogP contribution in [0.1, 0.15) is 50.8 Å². The van der Waals surface area contributed by atoms with E-state index >= 15 is 0 Å². The number of amides is 1. The number of likely N-dealkylation sites (N-methyl/N-ethyl adjacent to an activating group) is 1. The lowest BCUT2D eigenvalue weighted by Gasteiger charge is -2.33. The lowest BCUT2D eigenvalue weighted by Crippen LogP contribution is -2.47. The van der Waals surface area contributed by atoms with Crippen LogP contribution in [0.5, 0.6) is 0 Å². The number of fused-ring (bicyclic) bond motifs is 2. The molecule has 3 aromatic rings. The monoisotopic (exact) mass is 419 g/mol. The summed E-state index contributed by atoms with van der Waals surface area (Å²) in [5.41, 5.74) is 6.70. The summed E-state index contributed by atoms with van der Waals surface area (Å²) in [5, 5.41) is 9.04. The van der Waals surface area contributed by atoms with E-state index in [1.807, 2.05) is 20.0 Å². The van der Waals surface area contributed by atoms with E-state index in [1.54, 1.807) is 4.90 Å². The highest BCUT2D eigenvalue weighted by Gasteiger charge is 2.26. The Balaban J connectivity index is 1.39. The van der Waals surface area contributed by atoms with E-state index in [9.17, 15) is 4.79 Å². The van der Waals surface area contributed by atoms with Crippen molar-refractivity contribution in [2.24, 2.45) is 5.92 Å². The number of hydrogen-bond donors (Lipinski definition) is 2. The number of carbonyl (C=O) groups excluding carboxylic acids is 1. The molecule has 0 bridgehead atoms. The van der Waals surface area contributed by atoms with Crippen LogP contribution in [0.25, 0.3) is 22.3 Å². The maximum atomic E-state index is 13.1. The molecule has 2 aromatic heterocycles. The molecule has 164 valence electrons. The van der Waals surface area contributed by atoms with Crippen LogP contribution in [0, 0.1) is 5.92 Å². The van der Waals surface area contributed by atoms with Gasteiger partial charge >= 0.3 is 0 Å². The summed E-state index contributed by atoms with van der Waals surface area (Å²) in [7, 11) is 1.89. The second-order valence-electron chi connectivity index (χ2n) is 9.50. The Bertz CT molecular complexity index is 1090. The average Bonchev–Trinajstić information content (AvgIpc) is 3.40. The third-order valence-electron chi connectivity index (χ3n) is 7.27. The molecule has 0 saturated carbocycles. The van der Waals surface area contributed by atoms with E-state index < -0.39 is 0 Å². The van der Waals surface area contributed by atoms with Crippen molar-refractivity contribution in [1.29, 1.82) is 0 Å². The molecule has 1 fully saturated rings. The van der Waals surface area contributed by atoms with Crippen LogP contribution in [0.4, 0.5) is 5.69 Å². The number of likely N-dealkylation sites (tertiary alicyclic amines) is 1. The Kier molecular flexibility index (Phi) is 5.34. The highest BCUT2D eigenvalue weighted by Crippen LogP contribution is 2.33. The molecule has 2 atom stereocenters. The van der Waals surface area contributed by atoms with E-state index in [0.29, 0.717) is 5.92 Å². The highest BCUT2D eigenvalue weighted by atomic mass is 16.2. The van der Waals surface area contributed by atoms with Crippen molar-refractivity contribution in [2.75, 3.05) is 25.0 Å². The summed E-state index contributed by atoms with van der Waals surface area (Å²) >= 11 is 0. The molecule has 6 heteroatoms. The lowest BCUT2D eigenvalue weighted by atomic mass is 9.88. The van der Waals surface area contributed by atoms with Crippen LogP contribution < -0.4 is 4.90 Å². The van der Waals surface area contributed by atoms with E-state index in [0.717, 1.165) is 53.9 Å². The van der Waals surface area contributed by atoms with Crippen LogP contribution in [0.3, 0.4) is 0 Å². The molecule has 2 aliphatic rings. The summed E-state index contributed by atoms with van der Waals surface area (Å²) in [4.78, 5) is 20.8. The molecule has 2 N–H and O–H groups in total. The molecular formula is C25H33N5O. The first-order valence-corrected chi connectivity index (χ1v) is 11.7. The molecule has 31 heavy (non-hydrogen) atoms. The molecular weight excluding hydrogens is 386 g/mol. The Labute approximate surface area is 184 Å². The van der Waals surface area contributed by atoms with Gasteiger partial charge in [0.25, 0.3) is 0 Å². The number of anilines is 1. The van der Waals surface area contributed by atoms with Gasteiger partial charge in [0, 0.05) is 34.9 Å². The minimum atomic E-state index is -0.0850. The largest absolute Gasteiger partial charge is 0.353 e. The van der Waals surface area contributed by atoms with Gasteiger partial charge in [0.05, 0.1) is 11.7 Å². The first kappa shape index (κ1) is 20.3. The van der Waals surface area contributed by atoms with Gasteiger partial charge in [-0.3, -0.25) is 14.8 Å². The van der Waals surface area contributed by atoms with Gasteiger partial charge in [-0.2, -0.15) is 5.10 Å². The molecule has 1 aliphatic carbocycles. The van der Waals surface area contributed by atoms with Crippen molar-refractivity contribution < 1.29 is 4.79 Å². The smallest absolute Gasteiger partial charge is 0.243 e. The SMILES string of the molecule is CC1CCc2c(-c3cc4ccc(N(C)C(=O)C(C)N5CCCCC5)cc4[nH]3)n[nH]c2C1. The number of H-pyrrole nitrogens is 2. The van der Waals surface area contributed by atoms with Gasteiger partial charge < -0.3 is 9.88 Å². The summed E-state index contributed by atoms with van der Waals surface area (Å²) in [6.07, 6.45) is 7.02. The molecule has 1 aliphatic heterocycles. The summed E-state index contributed by atoms with van der Waals surface area (Å²) in [6.45, 7) is 6.38. The Morgan fingerprint density at radius 2 is 2.03 bits per heavy atom. The Hall–Kier alpha value is -2.60. The predicted molar refractivity (Wildman–Crippen MR) is 125 cm³/mol. The number of benzene rings is 1.